The first-order chi connectivity index (χ1) is 10.6. The summed E-state index contributed by atoms with van der Waals surface area (Å²) in [6.45, 7) is 1.87. The Labute approximate surface area is 127 Å². The van der Waals surface area contributed by atoms with Crippen LogP contribution in [0.25, 0.3) is 5.57 Å². The number of ether oxygens (including phenoxy) is 1. The second-order valence-corrected chi connectivity index (χ2v) is 4.97. The van der Waals surface area contributed by atoms with E-state index in [4.69, 9.17) is 4.74 Å². The number of phenols is 1. The summed E-state index contributed by atoms with van der Waals surface area (Å²) in [5.41, 5.74) is 2.15. The molecular formula is C17H15NO4. The summed E-state index contributed by atoms with van der Waals surface area (Å²) in [7, 11) is 0. The number of hydrogen-bond acceptors (Lipinski definition) is 4. The molecule has 1 heterocycles. The molecule has 22 heavy (non-hydrogen) atoms. The summed E-state index contributed by atoms with van der Waals surface area (Å²) in [6.07, 6.45) is 2.11. The van der Waals surface area contributed by atoms with E-state index in [9.17, 15) is 14.7 Å². The van der Waals surface area contributed by atoms with Gasteiger partial charge in [-0.1, -0.05) is 12.1 Å². The van der Waals surface area contributed by atoms with Gasteiger partial charge in [-0.15, -0.1) is 0 Å². The first kappa shape index (κ1) is 14.1. The number of Topliss-reactive ketones (excluding diaryl/α,β-unsaturated/α-hetero) is 1. The van der Waals surface area contributed by atoms with E-state index < -0.39 is 11.8 Å². The molecule has 1 aliphatic rings. The lowest BCUT2D eigenvalue weighted by atomic mass is 9.83. The maximum atomic E-state index is 12.7. The molecule has 5 heteroatoms. The number of aromatic hydroxyl groups is 1. The van der Waals surface area contributed by atoms with Gasteiger partial charge in [0, 0.05) is 18.3 Å². The number of ketones is 1. The van der Waals surface area contributed by atoms with Gasteiger partial charge < -0.3 is 14.8 Å². The number of carbonyl (C=O) groups excluding carboxylic acids is 2. The Balaban J connectivity index is 2.19. The second kappa shape index (κ2) is 5.52. The number of allylic oxidation sites excluding steroid dienone is 1. The monoisotopic (exact) mass is 297 g/mol. The van der Waals surface area contributed by atoms with Gasteiger partial charge in [0.25, 0.3) is 0 Å². The Morgan fingerprint density at radius 1 is 1.32 bits per heavy atom. The number of esters is 1. The Hall–Kier alpha value is -2.82. The summed E-state index contributed by atoms with van der Waals surface area (Å²) in [6, 6.07) is 8.50. The van der Waals surface area contributed by atoms with Crippen molar-refractivity contribution in [1.29, 1.82) is 0 Å². The van der Waals surface area contributed by atoms with Crippen molar-refractivity contribution in [2.24, 2.45) is 0 Å². The molecular weight excluding hydrogens is 282 g/mol. The second-order valence-electron chi connectivity index (χ2n) is 4.97. The highest BCUT2D eigenvalue weighted by molar-refractivity contribution is 6.31. The zero-order chi connectivity index (χ0) is 15.7. The fraction of sp³-hybridized carbons (Fsp3) is 0.176. The number of aromatic nitrogens is 1. The average Bonchev–Trinajstić information content (AvgIpc) is 3.01. The van der Waals surface area contributed by atoms with E-state index in [0.717, 1.165) is 0 Å². The van der Waals surface area contributed by atoms with Crippen LogP contribution in [0, 0.1) is 0 Å². The Kier molecular flexibility index (Phi) is 3.55. The highest BCUT2D eigenvalue weighted by Crippen LogP contribution is 2.36. The van der Waals surface area contributed by atoms with Gasteiger partial charge >= 0.3 is 5.97 Å². The molecule has 3 rings (SSSR count). The summed E-state index contributed by atoms with van der Waals surface area (Å²) in [5, 5.41) is 9.97. The first-order valence-electron chi connectivity index (χ1n) is 7.03. The zero-order valence-electron chi connectivity index (χ0n) is 12.1. The molecule has 1 aromatic heterocycles. The van der Waals surface area contributed by atoms with Gasteiger partial charge in [0.1, 0.15) is 11.3 Å². The van der Waals surface area contributed by atoms with E-state index in [2.05, 4.69) is 4.98 Å². The van der Waals surface area contributed by atoms with E-state index in [0.29, 0.717) is 23.3 Å². The molecule has 0 saturated heterocycles. The van der Waals surface area contributed by atoms with Gasteiger partial charge in [-0.25, -0.2) is 4.79 Å². The van der Waals surface area contributed by atoms with Gasteiger partial charge in [0.15, 0.2) is 0 Å². The lowest BCUT2D eigenvalue weighted by Crippen LogP contribution is -2.23. The van der Waals surface area contributed by atoms with Crippen molar-refractivity contribution in [1.82, 2.24) is 4.98 Å². The quantitative estimate of drug-likeness (QED) is 0.674. The van der Waals surface area contributed by atoms with Gasteiger partial charge in [0.05, 0.1) is 12.2 Å². The number of aromatic amines is 1. The van der Waals surface area contributed by atoms with E-state index in [1.165, 1.54) is 6.07 Å². The molecule has 0 unspecified atom stereocenters. The van der Waals surface area contributed by atoms with Crippen LogP contribution in [0.15, 0.2) is 42.1 Å². The van der Waals surface area contributed by atoms with Crippen molar-refractivity contribution < 1.29 is 19.4 Å². The number of rotatable bonds is 3. The minimum atomic E-state index is -0.661. The summed E-state index contributed by atoms with van der Waals surface area (Å²) in [4.78, 5) is 28.0. The van der Waals surface area contributed by atoms with Crippen LogP contribution in [0.2, 0.25) is 0 Å². The molecule has 2 aromatic rings. The van der Waals surface area contributed by atoms with Crippen molar-refractivity contribution in [3.8, 4) is 5.75 Å². The number of nitrogens with one attached hydrogen (secondary N) is 1. The SMILES string of the molecule is CCOC(=O)C1=C(c2ccc[nH]2)Cc2cccc(O)c2C1=O. The Morgan fingerprint density at radius 2 is 2.14 bits per heavy atom. The molecule has 0 saturated carbocycles. The Morgan fingerprint density at radius 3 is 2.82 bits per heavy atom. The number of H-pyrrole nitrogens is 1. The minimum Gasteiger partial charge on any atom is -0.507 e. The summed E-state index contributed by atoms with van der Waals surface area (Å²) < 4.78 is 5.02. The molecule has 112 valence electrons. The van der Waals surface area contributed by atoms with Crippen molar-refractivity contribution in [2.45, 2.75) is 13.3 Å². The van der Waals surface area contributed by atoms with Crippen LogP contribution < -0.4 is 0 Å². The van der Waals surface area contributed by atoms with Crippen molar-refractivity contribution in [2.75, 3.05) is 6.61 Å². The number of fused-ring (bicyclic) bond motifs is 1. The predicted molar refractivity (Wildman–Crippen MR) is 80.5 cm³/mol. The fourth-order valence-electron chi connectivity index (χ4n) is 2.70. The predicted octanol–water partition coefficient (Wildman–Crippen LogP) is 2.48. The largest absolute Gasteiger partial charge is 0.507 e. The van der Waals surface area contributed by atoms with E-state index >= 15 is 0 Å². The smallest absolute Gasteiger partial charge is 0.342 e. The lowest BCUT2D eigenvalue weighted by Gasteiger charge is -2.21. The van der Waals surface area contributed by atoms with Crippen LogP contribution in [0.3, 0.4) is 0 Å². The maximum absolute atomic E-state index is 12.7. The van der Waals surface area contributed by atoms with Crippen LogP contribution in [0.1, 0.15) is 28.5 Å². The van der Waals surface area contributed by atoms with Crippen molar-refractivity contribution in [3.05, 3.63) is 58.9 Å². The molecule has 5 nitrogen and oxygen atoms in total. The number of benzene rings is 1. The van der Waals surface area contributed by atoms with Crippen molar-refractivity contribution in [3.63, 3.8) is 0 Å². The van der Waals surface area contributed by atoms with Crippen LogP contribution in [-0.4, -0.2) is 28.4 Å². The topological polar surface area (TPSA) is 79.4 Å². The minimum absolute atomic E-state index is 0.0155. The molecule has 1 aromatic carbocycles. The first-order valence-corrected chi connectivity index (χ1v) is 7.03. The molecule has 0 aliphatic heterocycles. The molecule has 0 atom stereocenters. The standard InChI is InChI=1S/C17H15NO4/c1-2-22-17(21)15-11(12-6-4-8-18-12)9-10-5-3-7-13(19)14(10)16(15)20/h3-8,18-19H,2,9H2,1H3. The van der Waals surface area contributed by atoms with E-state index in [1.807, 2.05) is 0 Å². The van der Waals surface area contributed by atoms with E-state index in [-0.39, 0.29) is 23.5 Å². The van der Waals surface area contributed by atoms with Crippen LogP contribution >= 0.6 is 0 Å². The third-order valence-corrected chi connectivity index (χ3v) is 3.65. The Bertz CT molecular complexity index is 772. The van der Waals surface area contributed by atoms with Crippen molar-refractivity contribution >= 4 is 17.3 Å². The van der Waals surface area contributed by atoms with Gasteiger partial charge in [-0.05, 0) is 36.3 Å². The summed E-state index contributed by atoms with van der Waals surface area (Å²) in [5.74, 6) is -1.27. The normalized spacial score (nSPS) is 14.0. The fourth-order valence-corrected chi connectivity index (χ4v) is 2.70. The number of phenolic OH excluding ortho intramolecular Hbond substituents is 1. The lowest BCUT2D eigenvalue weighted by molar-refractivity contribution is -0.138. The molecule has 1 aliphatic carbocycles. The molecule has 0 spiro atoms. The molecule has 0 bridgehead atoms. The summed E-state index contributed by atoms with van der Waals surface area (Å²) >= 11 is 0. The third-order valence-electron chi connectivity index (χ3n) is 3.65. The molecule has 0 radical (unpaired) electrons. The highest BCUT2D eigenvalue weighted by Gasteiger charge is 2.34. The van der Waals surface area contributed by atoms with Gasteiger partial charge in [-0.3, -0.25) is 4.79 Å². The van der Waals surface area contributed by atoms with Crippen LogP contribution in [0.5, 0.6) is 5.75 Å². The van der Waals surface area contributed by atoms with Crippen LogP contribution in [0.4, 0.5) is 0 Å². The number of carbonyl (C=O) groups is 2. The molecule has 2 N–H and O–H groups in total. The van der Waals surface area contributed by atoms with Crippen LogP contribution in [-0.2, 0) is 16.0 Å². The highest BCUT2D eigenvalue weighted by atomic mass is 16.5. The molecule has 0 amide bonds. The van der Waals surface area contributed by atoms with Gasteiger partial charge in [-0.2, -0.15) is 0 Å². The van der Waals surface area contributed by atoms with Gasteiger partial charge in [0.2, 0.25) is 5.78 Å². The maximum Gasteiger partial charge on any atom is 0.342 e. The third kappa shape index (κ3) is 2.20. The van der Waals surface area contributed by atoms with E-state index in [1.54, 1.807) is 37.4 Å². The zero-order valence-corrected chi connectivity index (χ0v) is 12.1. The number of hydrogen-bond donors (Lipinski definition) is 2. The average molecular weight is 297 g/mol. The molecule has 0 fully saturated rings.